The van der Waals surface area contributed by atoms with Gasteiger partial charge in [0.1, 0.15) is 5.82 Å². The maximum atomic E-state index is 13.1. The first-order valence-corrected chi connectivity index (χ1v) is 11.2. The molecule has 1 heterocycles. The van der Waals surface area contributed by atoms with Gasteiger partial charge in [-0.15, -0.1) is 0 Å². The van der Waals surface area contributed by atoms with Gasteiger partial charge in [-0.2, -0.15) is 0 Å². The Hall–Kier alpha value is -3.16. The normalized spacial score (nSPS) is 13.8. The zero-order valence-electron chi connectivity index (χ0n) is 19.3. The predicted octanol–water partition coefficient (Wildman–Crippen LogP) is 4.09. The summed E-state index contributed by atoms with van der Waals surface area (Å²) in [5.74, 6) is -0.394. The Kier molecular flexibility index (Phi) is 8.63. The smallest absolute Gasteiger partial charge is 0.254 e. The highest BCUT2D eigenvalue weighted by molar-refractivity contribution is 5.94. The van der Waals surface area contributed by atoms with Crippen molar-refractivity contribution in [3.05, 3.63) is 95.3 Å². The van der Waals surface area contributed by atoms with E-state index in [2.05, 4.69) is 22.2 Å². The average molecular weight is 451 g/mol. The van der Waals surface area contributed by atoms with Gasteiger partial charge >= 0.3 is 0 Å². The van der Waals surface area contributed by atoms with Crippen LogP contribution in [0.15, 0.2) is 67.1 Å². The van der Waals surface area contributed by atoms with Crippen LogP contribution in [-0.2, 0) is 6.42 Å². The van der Waals surface area contributed by atoms with Crippen LogP contribution < -0.4 is 5.32 Å². The van der Waals surface area contributed by atoms with Gasteiger partial charge in [0, 0.05) is 37.6 Å². The molecule has 2 aromatic carbocycles. The molecule has 1 aromatic heterocycles. The lowest BCUT2D eigenvalue weighted by Gasteiger charge is -2.24. The molecule has 3 rings (SSSR count). The van der Waals surface area contributed by atoms with Gasteiger partial charge in [-0.25, -0.2) is 4.39 Å². The highest BCUT2D eigenvalue weighted by Crippen LogP contribution is 2.19. The minimum absolute atomic E-state index is 0.0766. The molecule has 33 heavy (non-hydrogen) atoms. The minimum Gasteiger partial charge on any atom is -0.387 e. The Morgan fingerprint density at radius 3 is 2.42 bits per heavy atom. The molecule has 2 N–H and O–H groups in total. The number of benzene rings is 2. The molecule has 0 spiro atoms. The van der Waals surface area contributed by atoms with Gasteiger partial charge in [-0.1, -0.05) is 31.2 Å². The van der Waals surface area contributed by atoms with E-state index >= 15 is 0 Å². The van der Waals surface area contributed by atoms with Crippen molar-refractivity contribution in [1.82, 2.24) is 20.2 Å². The summed E-state index contributed by atoms with van der Waals surface area (Å²) in [7, 11) is 1.76. The summed E-state index contributed by atoms with van der Waals surface area (Å²) >= 11 is 0. The highest BCUT2D eigenvalue weighted by atomic mass is 19.1. The van der Waals surface area contributed by atoms with Crippen molar-refractivity contribution in [2.24, 2.45) is 0 Å². The molecule has 1 unspecified atom stereocenters. The Morgan fingerprint density at radius 2 is 1.82 bits per heavy atom. The number of nitrogens with zero attached hydrogens (tertiary/aromatic N) is 3. The Morgan fingerprint density at radius 1 is 1.12 bits per heavy atom. The van der Waals surface area contributed by atoms with Crippen LogP contribution in [0.3, 0.4) is 0 Å². The number of aliphatic hydroxyl groups excluding tert-OH is 1. The number of carbonyl (C=O) groups excluding carboxylic acids is 1. The molecule has 0 bridgehead atoms. The molecule has 1 amide bonds. The van der Waals surface area contributed by atoms with Crippen LogP contribution in [0.2, 0.25) is 0 Å². The van der Waals surface area contributed by atoms with E-state index in [4.69, 9.17) is 0 Å². The Balaban J connectivity index is 1.56. The largest absolute Gasteiger partial charge is 0.387 e. The molecular formula is C26H31FN4O2. The second-order valence-corrected chi connectivity index (χ2v) is 8.20. The molecule has 0 fully saturated rings. The Bertz CT molecular complexity index is 1010. The maximum absolute atomic E-state index is 13.1. The quantitative estimate of drug-likeness (QED) is 0.486. The van der Waals surface area contributed by atoms with Crippen molar-refractivity contribution in [3.8, 4) is 0 Å². The van der Waals surface area contributed by atoms with Gasteiger partial charge in [0.25, 0.3) is 5.91 Å². The lowest BCUT2D eigenvalue weighted by molar-refractivity contribution is 0.0739. The van der Waals surface area contributed by atoms with E-state index in [1.165, 1.54) is 12.1 Å². The van der Waals surface area contributed by atoms with E-state index in [1.54, 1.807) is 42.7 Å². The van der Waals surface area contributed by atoms with E-state index < -0.39 is 6.10 Å². The fourth-order valence-corrected chi connectivity index (χ4v) is 3.61. The average Bonchev–Trinajstić information content (AvgIpc) is 2.86. The van der Waals surface area contributed by atoms with Crippen LogP contribution in [0, 0.1) is 5.82 Å². The van der Waals surface area contributed by atoms with E-state index in [0.717, 1.165) is 24.1 Å². The SMILES string of the molecule is CC[C@@H](Cc1ccc(C(=O)N(C)C(C)c2cnccn2)cc1)NC[C@H](O)c1ccc(F)cc1. The van der Waals surface area contributed by atoms with Gasteiger partial charge in [0.2, 0.25) is 0 Å². The van der Waals surface area contributed by atoms with E-state index in [0.29, 0.717) is 17.7 Å². The second-order valence-electron chi connectivity index (χ2n) is 8.20. The van der Waals surface area contributed by atoms with Gasteiger partial charge < -0.3 is 15.3 Å². The van der Waals surface area contributed by atoms with Gasteiger partial charge in [0.05, 0.1) is 24.0 Å². The molecule has 0 aliphatic heterocycles. The first-order valence-electron chi connectivity index (χ1n) is 11.2. The number of halogens is 1. The van der Waals surface area contributed by atoms with E-state index in [-0.39, 0.29) is 23.8 Å². The molecule has 174 valence electrons. The summed E-state index contributed by atoms with van der Waals surface area (Å²) in [6.07, 6.45) is 5.85. The van der Waals surface area contributed by atoms with Crippen molar-refractivity contribution in [3.63, 3.8) is 0 Å². The number of aromatic nitrogens is 2. The van der Waals surface area contributed by atoms with E-state index in [9.17, 15) is 14.3 Å². The van der Waals surface area contributed by atoms with Crippen LogP contribution in [0.1, 0.15) is 59.6 Å². The molecule has 0 saturated heterocycles. The molecule has 0 aliphatic rings. The number of hydrogen-bond donors (Lipinski definition) is 2. The van der Waals surface area contributed by atoms with Crippen LogP contribution in [-0.4, -0.2) is 45.5 Å². The predicted molar refractivity (Wildman–Crippen MR) is 126 cm³/mol. The lowest BCUT2D eigenvalue weighted by atomic mass is 10.0. The minimum atomic E-state index is -0.702. The summed E-state index contributed by atoms with van der Waals surface area (Å²) < 4.78 is 13.1. The van der Waals surface area contributed by atoms with Crippen LogP contribution in [0.4, 0.5) is 4.39 Å². The maximum Gasteiger partial charge on any atom is 0.254 e. The van der Waals surface area contributed by atoms with Crippen molar-refractivity contribution >= 4 is 5.91 Å². The molecule has 0 aliphatic carbocycles. The fourth-order valence-electron chi connectivity index (χ4n) is 3.61. The third-order valence-corrected chi connectivity index (χ3v) is 5.94. The van der Waals surface area contributed by atoms with Crippen molar-refractivity contribution < 1.29 is 14.3 Å². The topological polar surface area (TPSA) is 78.4 Å². The number of carbonyl (C=O) groups is 1. The number of nitrogens with one attached hydrogen (secondary N) is 1. The number of aliphatic hydroxyl groups is 1. The third-order valence-electron chi connectivity index (χ3n) is 5.94. The van der Waals surface area contributed by atoms with Crippen molar-refractivity contribution in [2.75, 3.05) is 13.6 Å². The molecule has 0 saturated carbocycles. The fraction of sp³-hybridized carbons (Fsp3) is 0.346. The van der Waals surface area contributed by atoms with Crippen LogP contribution in [0.5, 0.6) is 0 Å². The van der Waals surface area contributed by atoms with Gasteiger partial charge in [-0.05, 0) is 55.2 Å². The zero-order chi connectivity index (χ0) is 23.8. The summed E-state index contributed by atoms with van der Waals surface area (Å²) in [6, 6.07) is 13.5. The monoisotopic (exact) mass is 450 g/mol. The molecule has 7 heteroatoms. The Labute approximate surface area is 194 Å². The number of rotatable bonds is 10. The van der Waals surface area contributed by atoms with Crippen molar-refractivity contribution in [1.29, 1.82) is 0 Å². The molecule has 0 radical (unpaired) electrons. The summed E-state index contributed by atoms with van der Waals surface area (Å²) in [6.45, 7) is 4.39. The summed E-state index contributed by atoms with van der Waals surface area (Å²) in [5, 5.41) is 13.8. The van der Waals surface area contributed by atoms with Crippen molar-refractivity contribution in [2.45, 2.75) is 44.9 Å². The summed E-state index contributed by atoms with van der Waals surface area (Å²) in [5.41, 5.74) is 3.14. The molecule has 3 aromatic rings. The summed E-state index contributed by atoms with van der Waals surface area (Å²) in [4.78, 5) is 22.9. The number of amides is 1. The second kappa shape index (κ2) is 11.6. The third kappa shape index (κ3) is 6.66. The zero-order valence-corrected chi connectivity index (χ0v) is 19.3. The number of hydrogen-bond acceptors (Lipinski definition) is 5. The van der Waals surface area contributed by atoms with Crippen LogP contribution >= 0.6 is 0 Å². The highest BCUT2D eigenvalue weighted by Gasteiger charge is 2.20. The standard InChI is InChI=1S/C26H31FN4O2/c1-4-23(30-17-25(32)20-9-11-22(27)12-10-20)15-19-5-7-21(8-6-19)26(33)31(3)18(2)24-16-28-13-14-29-24/h5-14,16,18,23,25,30,32H,4,15,17H2,1-3H3/t18?,23-,25-/m0/s1. The lowest BCUT2D eigenvalue weighted by Crippen LogP contribution is -2.34. The van der Waals surface area contributed by atoms with Gasteiger partial charge in [-0.3, -0.25) is 14.8 Å². The first kappa shape index (κ1) is 24.5. The molecular weight excluding hydrogens is 419 g/mol. The molecule has 3 atom stereocenters. The first-order chi connectivity index (χ1) is 15.9. The van der Waals surface area contributed by atoms with Crippen LogP contribution in [0.25, 0.3) is 0 Å². The molecule has 6 nitrogen and oxygen atoms in total. The van der Waals surface area contributed by atoms with Gasteiger partial charge in [0.15, 0.2) is 0 Å². The van der Waals surface area contributed by atoms with E-state index in [1.807, 2.05) is 31.2 Å².